The Morgan fingerprint density at radius 3 is 2.03 bits per heavy atom. The van der Waals surface area contributed by atoms with E-state index in [2.05, 4.69) is 19.1 Å². The van der Waals surface area contributed by atoms with Gasteiger partial charge in [-0.15, -0.1) is 0 Å². The van der Waals surface area contributed by atoms with Crippen molar-refractivity contribution in [2.24, 2.45) is 11.8 Å². The lowest BCUT2D eigenvalue weighted by molar-refractivity contribution is -0.132. The average Bonchev–Trinajstić information content (AvgIpc) is 3.25. The molecule has 0 radical (unpaired) electrons. The number of ether oxygens (including phenoxy) is 1. The molecule has 1 saturated carbocycles. The second kappa shape index (κ2) is 6.26. The Hall–Kier alpha value is -1.97. The third kappa shape index (κ3) is 2.60. The molecule has 150 valence electrons. The van der Waals surface area contributed by atoms with Crippen molar-refractivity contribution < 1.29 is 14.3 Å². The largest absolute Gasteiger partial charge is 0.368 e. The van der Waals surface area contributed by atoms with Crippen LogP contribution in [0.15, 0.2) is 42.5 Å². The zero-order chi connectivity index (χ0) is 20.6. The maximum atomic E-state index is 13.6. The zero-order valence-corrected chi connectivity index (χ0v) is 17.8. The summed E-state index contributed by atoms with van der Waals surface area (Å²) in [6, 6.07) is 13.8. The monoisotopic (exact) mass is 408 g/mol. The average molecular weight is 409 g/mol. The molecule has 2 aromatic rings. The van der Waals surface area contributed by atoms with Crippen LogP contribution in [0.25, 0.3) is 11.1 Å². The molecule has 4 heteroatoms. The predicted molar refractivity (Wildman–Crippen MR) is 113 cm³/mol. The van der Waals surface area contributed by atoms with Crippen LogP contribution in [0.2, 0.25) is 5.02 Å². The topological polar surface area (TPSA) is 43.4 Å². The van der Waals surface area contributed by atoms with Gasteiger partial charge in [-0.1, -0.05) is 42.8 Å². The number of ketones is 2. The van der Waals surface area contributed by atoms with Gasteiger partial charge < -0.3 is 4.74 Å². The second-order valence-electron chi connectivity index (χ2n) is 9.19. The van der Waals surface area contributed by atoms with Gasteiger partial charge in [0, 0.05) is 5.02 Å². The molecule has 2 bridgehead atoms. The first-order valence-corrected chi connectivity index (χ1v) is 10.8. The molecule has 2 saturated heterocycles. The van der Waals surface area contributed by atoms with E-state index in [4.69, 9.17) is 16.3 Å². The van der Waals surface area contributed by atoms with E-state index in [1.807, 2.05) is 44.2 Å². The Morgan fingerprint density at radius 2 is 1.48 bits per heavy atom. The van der Waals surface area contributed by atoms with Crippen LogP contribution in [0.3, 0.4) is 0 Å². The first kappa shape index (κ1) is 19.0. The molecule has 0 amide bonds. The highest BCUT2D eigenvalue weighted by atomic mass is 35.5. The maximum absolute atomic E-state index is 13.6. The number of fused-ring (bicyclic) bond motifs is 5. The molecule has 2 heterocycles. The molecule has 2 aromatic carbocycles. The van der Waals surface area contributed by atoms with Gasteiger partial charge >= 0.3 is 0 Å². The number of aryl methyl sites for hydroxylation is 1. The van der Waals surface area contributed by atoms with Gasteiger partial charge in [0.25, 0.3) is 0 Å². The predicted octanol–water partition coefficient (Wildman–Crippen LogP) is 5.38. The number of carbonyl (C=O) groups excluding carboxylic acids is 2. The van der Waals surface area contributed by atoms with Crippen molar-refractivity contribution in [1.29, 1.82) is 0 Å². The first-order valence-electron chi connectivity index (χ1n) is 10.4. The minimum Gasteiger partial charge on any atom is -0.368 e. The van der Waals surface area contributed by atoms with Gasteiger partial charge in [0.2, 0.25) is 0 Å². The van der Waals surface area contributed by atoms with Gasteiger partial charge in [-0.05, 0) is 73.6 Å². The maximum Gasteiger partial charge on any atom is 0.154 e. The van der Waals surface area contributed by atoms with E-state index in [1.165, 1.54) is 0 Å². The summed E-state index contributed by atoms with van der Waals surface area (Å²) in [6.45, 7) is 6.10. The number of carbonyl (C=O) groups is 2. The highest BCUT2D eigenvalue weighted by Crippen LogP contribution is 2.62. The van der Waals surface area contributed by atoms with Crippen molar-refractivity contribution in [3.8, 4) is 11.1 Å². The van der Waals surface area contributed by atoms with Crippen LogP contribution in [-0.2, 0) is 20.7 Å². The summed E-state index contributed by atoms with van der Waals surface area (Å²) < 4.78 is 6.25. The SMILES string of the molecule is CCc1ccc(-c2ccc(Cl)cc2)cc1C1C(=O)[C@@H]2[C@H](C1=O)[C@@]1(C)CC[C@]2(C)O1. The number of halogens is 1. The summed E-state index contributed by atoms with van der Waals surface area (Å²) in [5.74, 6) is -1.21. The molecule has 0 aromatic heterocycles. The molecule has 3 nitrogen and oxygen atoms in total. The molecule has 3 fully saturated rings. The quantitative estimate of drug-likeness (QED) is 0.640. The van der Waals surface area contributed by atoms with Crippen LogP contribution >= 0.6 is 11.6 Å². The van der Waals surface area contributed by atoms with E-state index in [9.17, 15) is 9.59 Å². The Labute approximate surface area is 176 Å². The van der Waals surface area contributed by atoms with E-state index in [-0.39, 0.29) is 23.4 Å². The van der Waals surface area contributed by atoms with Gasteiger partial charge in [-0.25, -0.2) is 0 Å². The smallest absolute Gasteiger partial charge is 0.154 e. The van der Waals surface area contributed by atoms with Crippen molar-refractivity contribution in [1.82, 2.24) is 0 Å². The lowest BCUT2D eigenvalue weighted by Gasteiger charge is -2.28. The van der Waals surface area contributed by atoms with Crippen LogP contribution in [-0.4, -0.2) is 22.8 Å². The third-order valence-corrected chi connectivity index (χ3v) is 7.68. The van der Waals surface area contributed by atoms with E-state index in [0.29, 0.717) is 5.02 Å². The third-order valence-electron chi connectivity index (χ3n) is 7.43. The minimum absolute atomic E-state index is 0.0499. The standard InChI is InChI=1S/C25H25ClO3/c1-4-14-5-6-16(15-7-9-17(26)10-8-15)13-18(14)19-22(27)20-21(23(19)28)25(3)12-11-24(20,2)29-25/h5-10,13,19-21H,4,11-12H2,1-3H3/t19?,20-,21+,24-,25+. The fourth-order valence-electron chi connectivity index (χ4n) is 6.02. The second-order valence-corrected chi connectivity index (χ2v) is 9.63. The molecule has 5 atom stereocenters. The van der Waals surface area contributed by atoms with Crippen LogP contribution in [0.4, 0.5) is 0 Å². The van der Waals surface area contributed by atoms with E-state index in [0.717, 1.165) is 41.5 Å². The van der Waals surface area contributed by atoms with Gasteiger partial charge in [0.15, 0.2) is 11.6 Å². The molecule has 1 aliphatic carbocycles. The number of Topliss-reactive ketones (excluding diaryl/α,β-unsaturated/α-hetero) is 2. The summed E-state index contributed by atoms with van der Waals surface area (Å²) in [5, 5.41) is 0.685. The highest BCUT2D eigenvalue weighted by molar-refractivity contribution is 6.30. The normalized spacial score (nSPS) is 35.4. The molecular weight excluding hydrogens is 384 g/mol. The van der Waals surface area contributed by atoms with Crippen molar-refractivity contribution >= 4 is 23.2 Å². The fourth-order valence-corrected chi connectivity index (χ4v) is 6.14. The summed E-state index contributed by atoms with van der Waals surface area (Å²) in [4.78, 5) is 27.2. The van der Waals surface area contributed by atoms with E-state index in [1.54, 1.807) is 0 Å². The van der Waals surface area contributed by atoms with Gasteiger partial charge in [-0.3, -0.25) is 9.59 Å². The molecule has 0 spiro atoms. The van der Waals surface area contributed by atoms with Crippen LogP contribution < -0.4 is 0 Å². The first-order chi connectivity index (χ1) is 13.8. The lowest BCUT2D eigenvalue weighted by atomic mass is 9.69. The molecule has 29 heavy (non-hydrogen) atoms. The molecule has 5 rings (SSSR count). The molecule has 3 aliphatic rings. The molecule has 2 aliphatic heterocycles. The van der Waals surface area contributed by atoms with E-state index < -0.39 is 17.1 Å². The Balaban J connectivity index is 1.60. The van der Waals surface area contributed by atoms with Crippen molar-refractivity contribution in [3.05, 3.63) is 58.6 Å². The van der Waals surface area contributed by atoms with Crippen LogP contribution in [0.5, 0.6) is 0 Å². The minimum atomic E-state index is -0.673. The van der Waals surface area contributed by atoms with Gasteiger partial charge in [0.1, 0.15) is 5.92 Å². The van der Waals surface area contributed by atoms with Gasteiger partial charge in [0.05, 0.1) is 23.0 Å². The summed E-state index contributed by atoms with van der Waals surface area (Å²) in [7, 11) is 0. The fraction of sp³-hybridized carbons (Fsp3) is 0.440. The summed E-state index contributed by atoms with van der Waals surface area (Å²) in [6.07, 6.45) is 2.48. The number of rotatable bonds is 3. The summed E-state index contributed by atoms with van der Waals surface area (Å²) in [5.41, 5.74) is 2.97. The number of hydrogen-bond donors (Lipinski definition) is 0. The Kier molecular flexibility index (Phi) is 4.11. The number of hydrogen-bond acceptors (Lipinski definition) is 3. The molecule has 0 N–H and O–H groups in total. The molecule has 1 unspecified atom stereocenters. The van der Waals surface area contributed by atoms with Crippen molar-refractivity contribution in [2.45, 2.75) is 57.2 Å². The van der Waals surface area contributed by atoms with Crippen LogP contribution in [0, 0.1) is 11.8 Å². The highest BCUT2D eigenvalue weighted by Gasteiger charge is 2.72. The summed E-state index contributed by atoms with van der Waals surface area (Å²) >= 11 is 6.03. The van der Waals surface area contributed by atoms with Crippen molar-refractivity contribution in [2.75, 3.05) is 0 Å². The zero-order valence-electron chi connectivity index (χ0n) is 17.0. The Bertz CT molecular complexity index is 993. The van der Waals surface area contributed by atoms with Crippen LogP contribution in [0.1, 0.15) is 50.7 Å². The number of benzene rings is 2. The lowest BCUT2D eigenvalue weighted by Crippen LogP contribution is -2.40. The molecular formula is C25H25ClO3. The Morgan fingerprint density at radius 1 is 0.931 bits per heavy atom. The van der Waals surface area contributed by atoms with E-state index >= 15 is 0 Å². The van der Waals surface area contributed by atoms with Crippen molar-refractivity contribution in [3.63, 3.8) is 0 Å². The van der Waals surface area contributed by atoms with Gasteiger partial charge in [-0.2, -0.15) is 0 Å².